The van der Waals surface area contributed by atoms with Crippen LogP contribution in [-0.2, 0) is 16.4 Å². The van der Waals surface area contributed by atoms with Crippen molar-refractivity contribution in [3.05, 3.63) is 59.9 Å². The monoisotopic (exact) mass is 305 g/mol. The molecule has 0 saturated carbocycles. The first-order chi connectivity index (χ1) is 10.0. The fourth-order valence-corrected chi connectivity index (χ4v) is 2.48. The number of hydrogen-bond donors (Lipinski definition) is 2. The molecule has 1 aromatic carbocycles. The van der Waals surface area contributed by atoms with Gasteiger partial charge >= 0.3 is 0 Å². The van der Waals surface area contributed by atoms with E-state index in [2.05, 4.69) is 10.4 Å². The zero-order valence-corrected chi connectivity index (χ0v) is 12.2. The number of carbonyl (C=O) groups excluding carboxylic acids is 1. The lowest BCUT2D eigenvalue weighted by Crippen LogP contribution is -2.41. The fraction of sp³-hybridized carbons (Fsp3) is 0.143. The molecule has 0 radical (unpaired) electrons. The van der Waals surface area contributed by atoms with E-state index in [0.29, 0.717) is 0 Å². The van der Waals surface area contributed by atoms with E-state index in [1.807, 2.05) is 11.8 Å². The zero-order chi connectivity index (χ0) is 15.3. The Morgan fingerprint density at radius 1 is 1.14 bits per heavy atom. The van der Waals surface area contributed by atoms with Gasteiger partial charge in [0, 0.05) is 6.20 Å². The molecule has 1 aromatic heterocycles. The Kier molecular flexibility index (Phi) is 4.66. The summed E-state index contributed by atoms with van der Waals surface area (Å²) >= 11 is 0. The Hall–Kier alpha value is -2.25. The Morgan fingerprint density at radius 2 is 1.86 bits per heavy atom. The van der Waals surface area contributed by atoms with Crippen LogP contribution < -0.4 is 10.3 Å². The molecule has 2 aromatic rings. The highest BCUT2D eigenvalue weighted by Crippen LogP contribution is 2.10. The van der Waals surface area contributed by atoms with Gasteiger partial charge in [-0.15, -0.1) is 4.83 Å². The average molecular weight is 305 g/mol. The number of sulfonamides is 1. The van der Waals surface area contributed by atoms with Crippen LogP contribution in [0.2, 0.25) is 0 Å². The smallest absolute Gasteiger partial charge is 0.272 e. The van der Waals surface area contributed by atoms with Crippen molar-refractivity contribution in [1.82, 2.24) is 15.2 Å². The van der Waals surface area contributed by atoms with Gasteiger partial charge in [-0.1, -0.05) is 25.1 Å². The predicted octanol–water partition coefficient (Wildman–Crippen LogP) is 1.27. The summed E-state index contributed by atoms with van der Waals surface area (Å²) in [5.41, 5.74) is 3.29. The van der Waals surface area contributed by atoms with Gasteiger partial charge in [0.25, 0.3) is 15.9 Å². The van der Waals surface area contributed by atoms with Gasteiger partial charge in [0.1, 0.15) is 5.69 Å². The molecule has 0 unspecified atom stereocenters. The number of carbonyl (C=O) groups is 1. The number of nitrogens with one attached hydrogen (secondary N) is 2. The summed E-state index contributed by atoms with van der Waals surface area (Å²) in [7, 11) is -3.80. The van der Waals surface area contributed by atoms with E-state index in [0.717, 1.165) is 12.0 Å². The van der Waals surface area contributed by atoms with Gasteiger partial charge in [0.15, 0.2) is 0 Å². The minimum Gasteiger partial charge on any atom is -0.272 e. The molecule has 110 valence electrons. The van der Waals surface area contributed by atoms with Crippen molar-refractivity contribution in [2.45, 2.75) is 18.2 Å². The van der Waals surface area contributed by atoms with Crippen molar-refractivity contribution in [1.29, 1.82) is 0 Å². The van der Waals surface area contributed by atoms with E-state index in [1.165, 1.54) is 24.4 Å². The standard InChI is InChI=1S/C14H15N3O3S/c1-2-11-6-8-12(9-7-11)21(19,20)17-16-14(18)13-5-3-4-10-15-13/h3-10,17H,2H2,1H3,(H,16,18). The van der Waals surface area contributed by atoms with Crippen LogP contribution in [0, 0.1) is 0 Å². The van der Waals surface area contributed by atoms with Gasteiger partial charge in [-0.05, 0) is 36.2 Å². The molecular formula is C14H15N3O3S. The number of amides is 1. The first-order valence-corrected chi connectivity index (χ1v) is 7.83. The molecule has 0 atom stereocenters. The fourth-order valence-electron chi connectivity index (χ4n) is 1.64. The second kappa shape index (κ2) is 6.47. The SMILES string of the molecule is CCc1ccc(S(=O)(=O)NNC(=O)c2ccccn2)cc1. The Labute approximate surface area is 123 Å². The van der Waals surface area contributed by atoms with Crippen LogP contribution in [0.1, 0.15) is 23.0 Å². The molecule has 7 heteroatoms. The normalized spacial score (nSPS) is 11.1. The third kappa shape index (κ3) is 3.87. The third-order valence-electron chi connectivity index (χ3n) is 2.84. The van der Waals surface area contributed by atoms with Crippen LogP contribution in [0.15, 0.2) is 53.6 Å². The molecule has 0 aliphatic heterocycles. The summed E-state index contributed by atoms with van der Waals surface area (Å²) in [6, 6.07) is 11.2. The van der Waals surface area contributed by atoms with Crippen LogP contribution in [0.5, 0.6) is 0 Å². The Bertz CT molecular complexity index is 713. The van der Waals surface area contributed by atoms with Gasteiger partial charge in [-0.2, -0.15) is 0 Å². The van der Waals surface area contributed by atoms with Crippen molar-refractivity contribution in [2.24, 2.45) is 0 Å². The minimum atomic E-state index is -3.80. The van der Waals surface area contributed by atoms with Crippen molar-refractivity contribution >= 4 is 15.9 Å². The van der Waals surface area contributed by atoms with Crippen molar-refractivity contribution in [2.75, 3.05) is 0 Å². The third-order valence-corrected chi connectivity index (χ3v) is 4.10. The number of hydrogen-bond acceptors (Lipinski definition) is 4. The molecule has 1 amide bonds. The van der Waals surface area contributed by atoms with E-state index in [9.17, 15) is 13.2 Å². The number of aryl methyl sites for hydroxylation is 1. The van der Waals surface area contributed by atoms with E-state index in [1.54, 1.807) is 24.3 Å². The first-order valence-electron chi connectivity index (χ1n) is 6.35. The average Bonchev–Trinajstić information content (AvgIpc) is 2.53. The predicted molar refractivity (Wildman–Crippen MR) is 77.8 cm³/mol. The molecule has 0 spiro atoms. The highest BCUT2D eigenvalue weighted by atomic mass is 32.2. The quantitative estimate of drug-likeness (QED) is 0.814. The molecule has 2 rings (SSSR count). The van der Waals surface area contributed by atoms with Gasteiger partial charge in [-0.25, -0.2) is 8.42 Å². The number of hydrazine groups is 1. The molecule has 0 aliphatic rings. The van der Waals surface area contributed by atoms with Gasteiger partial charge in [-0.3, -0.25) is 15.2 Å². The summed E-state index contributed by atoms with van der Waals surface area (Å²) in [6.45, 7) is 1.98. The van der Waals surface area contributed by atoms with Crippen molar-refractivity contribution in [3.8, 4) is 0 Å². The maximum Gasteiger partial charge on any atom is 0.284 e. The summed E-state index contributed by atoms with van der Waals surface area (Å²) < 4.78 is 24.0. The largest absolute Gasteiger partial charge is 0.284 e. The molecular weight excluding hydrogens is 290 g/mol. The van der Waals surface area contributed by atoms with Gasteiger partial charge < -0.3 is 0 Å². The number of pyridine rings is 1. The molecule has 0 fully saturated rings. The maximum absolute atomic E-state index is 12.0. The highest BCUT2D eigenvalue weighted by molar-refractivity contribution is 7.89. The summed E-state index contributed by atoms with van der Waals surface area (Å²) in [4.78, 5) is 17.7. The lowest BCUT2D eigenvalue weighted by atomic mass is 10.2. The molecule has 21 heavy (non-hydrogen) atoms. The lowest BCUT2D eigenvalue weighted by molar-refractivity contribution is 0.0940. The second-order valence-electron chi connectivity index (χ2n) is 4.27. The molecule has 2 N–H and O–H groups in total. The summed E-state index contributed by atoms with van der Waals surface area (Å²) in [6.07, 6.45) is 2.27. The molecule has 6 nitrogen and oxygen atoms in total. The number of rotatable bonds is 5. The topological polar surface area (TPSA) is 88.2 Å². The van der Waals surface area contributed by atoms with Crippen molar-refractivity contribution < 1.29 is 13.2 Å². The van der Waals surface area contributed by atoms with Crippen LogP contribution in [0.4, 0.5) is 0 Å². The second-order valence-corrected chi connectivity index (χ2v) is 5.95. The number of nitrogens with zero attached hydrogens (tertiary/aromatic N) is 1. The number of aromatic nitrogens is 1. The van der Waals surface area contributed by atoms with E-state index < -0.39 is 15.9 Å². The minimum absolute atomic E-state index is 0.0843. The van der Waals surface area contributed by atoms with Crippen molar-refractivity contribution in [3.63, 3.8) is 0 Å². The maximum atomic E-state index is 12.0. The molecule has 0 bridgehead atoms. The summed E-state index contributed by atoms with van der Waals surface area (Å²) in [5.74, 6) is -0.621. The first kappa shape index (κ1) is 15.1. The molecule has 0 aliphatic carbocycles. The van der Waals surface area contributed by atoms with E-state index in [4.69, 9.17) is 0 Å². The van der Waals surface area contributed by atoms with Crippen LogP contribution in [0.3, 0.4) is 0 Å². The molecule has 0 saturated heterocycles. The zero-order valence-electron chi connectivity index (χ0n) is 11.4. The highest BCUT2D eigenvalue weighted by Gasteiger charge is 2.15. The van der Waals surface area contributed by atoms with Gasteiger partial charge in [0.05, 0.1) is 4.90 Å². The van der Waals surface area contributed by atoms with Crippen LogP contribution in [-0.4, -0.2) is 19.3 Å². The molecule has 1 heterocycles. The van der Waals surface area contributed by atoms with Crippen LogP contribution in [0.25, 0.3) is 0 Å². The van der Waals surface area contributed by atoms with E-state index in [-0.39, 0.29) is 10.6 Å². The summed E-state index contributed by atoms with van der Waals surface area (Å²) in [5, 5.41) is 0. The van der Waals surface area contributed by atoms with Crippen LogP contribution >= 0.6 is 0 Å². The van der Waals surface area contributed by atoms with Gasteiger partial charge in [0.2, 0.25) is 0 Å². The Morgan fingerprint density at radius 3 is 2.43 bits per heavy atom. The van der Waals surface area contributed by atoms with E-state index >= 15 is 0 Å². The lowest BCUT2D eigenvalue weighted by Gasteiger charge is -2.08. The number of benzene rings is 1. The Balaban J connectivity index is 2.05.